The van der Waals surface area contributed by atoms with E-state index in [1.807, 2.05) is 0 Å². The van der Waals surface area contributed by atoms with Crippen LogP contribution in [0.2, 0.25) is 0 Å². The van der Waals surface area contributed by atoms with Gasteiger partial charge in [0.05, 0.1) is 18.1 Å². The summed E-state index contributed by atoms with van der Waals surface area (Å²) in [6.45, 7) is 0. The van der Waals surface area contributed by atoms with Crippen LogP contribution in [0, 0.1) is 5.82 Å². The van der Waals surface area contributed by atoms with E-state index >= 15 is 0 Å². The molecule has 8 heteroatoms. The summed E-state index contributed by atoms with van der Waals surface area (Å²) in [6, 6.07) is 4.09. The Hall–Kier alpha value is -3.16. The van der Waals surface area contributed by atoms with Crippen LogP contribution in [0.15, 0.2) is 24.4 Å². The lowest BCUT2D eigenvalue weighted by Gasteiger charge is -2.05. The van der Waals surface area contributed by atoms with Crippen molar-refractivity contribution in [1.29, 1.82) is 0 Å². The van der Waals surface area contributed by atoms with Crippen LogP contribution in [0.3, 0.4) is 0 Å². The first-order chi connectivity index (χ1) is 11.0. The van der Waals surface area contributed by atoms with Gasteiger partial charge in [-0.05, 0) is 23.3 Å². The van der Waals surface area contributed by atoms with Gasteiger partial charge in [0, 0.05) is 12.6 Å². The SMILES string of the molecule is COC(=O)c1ccc(Cc2c[nH]c3nc(N)nc(O)c23)c(F)c1. The number of hydrogen-bond donors (Lipinski definition) is 3. The number of fused-ring (bicyclic) bond motifs is 1. The number of nitrogens with zero attached hydrogens (tertiary/aromatic N) is 2. The average molecular weight is 316 g/mol. The smallest absolute Gasteiger partial charge is 0.337 e. The van der Waals surface area contributed by atoms with Crippen molar-refractivity contribution in [3.8, 4) is 5.88 Å². The molecule has 3 aromatic rings. The van der Waals surface area contributed by atoms with Crippen molar-refractivity contribution in [2.24, 2.45) is 0 Å². The van der Waals surface area contributed by atoms with Crippen molar-refractivity contribution >= 4 is 23.0 Å². The van der Waals surface area contributed by atoms with Crippen LogP contribution >= 0.6 is 0 Å². The Morgan fingerprint density at radius 3 is 2.87 bits per heavy atom. The van der Waals surface area contributed by atoms with Gasteiger partial charge in [-0.1, -0.05) is 6.07 Å². The van der Waals surface area contributed by atoms with Gasteiger partial charge in [-0.3, -0.25) is 0 Å². The fourth-order valence-corrected chi connectivity index (χ4v) is 2.37. The van der Waals surface area contributed by atoms with Gasteiger partial charge in [0.25, 0.3) is 0 Å². The monoisotopic (exact) mass is 316 g/mol. The minimum Gasteiger partial charge on any atom is -0.493 e. The van der Waals surface area contributed by atoms with Crippen LogP contribution in [0.4, 0.5) is 10.3 Å². The van der Waals surface area contributed by atoms with Crippen LogP contribution in [0.1, 0.15) is 21.5 Å². The number of methoxy groups -OCH3 is 1. The highest BCUT2D eigenvalue weighted by atomic mass is 19.1. The number of nitrogens with one attached hydrogen (secondary N) is 1. The predicted molar refractivity (Wildman–Crippen MR) is 80.5 cm³/mol. The molecule has 4 N–H and O–H groups in total. The second kappa shape index (κ2) is 5.56. The fraction of sp³-hybridized carbons (Fsp3) is 0.133. The lowest BCUT2D eigenvalue weighted by Crippen LogP contribution is -2.03. The lowest BCUT2D eigenvalue weighted by molar-refractivity contribution is 0.0600. The highest BCUT2D eigenvalue weighted by molar-refractivity contribution is 5.89. The van der Waals surface area contributed by atoms with E-state index in [-0.39, 0.29) is 23.8 Å². The normalized spacial score (nSPS) is 10.9. The van der Waals surface area contributed by atoms with E-state index in [0.717, 1.165) is 6.07 Å². The van der Waals surface area contributed by atoms with Crippen LogP contribution in [-0.2, 0) is 11.2 Å². The first-order valence-electron chi connectivity index (χ1n) is 6.68. The lowest BCUT2D eigenvalue weighted by atomic mass is 10.0. The molecule has 0 fully saturated rings. The quantitative estimate of drug-likeness (QED) is 0.634. The number of carbonyl (C=O) groups excluding carboxylic acids is 1. The molecule has 0 bridgehead atoms. The van der Waals surface area contributed by atoms with E-state index in [1.54, 1.807) is 6.20 Å². The molecular weight excluding hydrogens is 303 g/mol. The van der Waals surface area contributed by atoms with E-state index < -0.39 is 11.8 Å². The van der Waals surface area contributed by atoms with Crippen molar-refractivity contribution in [2.45, 2.75) is 6.42 Å². The summed E-state index contributed by atoms with van der Waals surface area (Å²) in [4.78, 5) is 21.9. The molecular formula is C15H13FN4O3. The topological polar surface area (TPSA) is 114 Å². The number of aromatic amines is 1. The second-order valence-electron chi connectivity index (χ2n) is 4.92. The van der Waals surface area contributed by atoms with Gasteiger partial charge in [-0.2, -0.15) is 9.97 Å². The predicted octanol–water partition coefficient (Wildman–Crippen LogP) is 1.76. The number of hydrogen-bond acceptors (Lipinski definition) is 6. The second-order valence-corrected chi connectivity index (χ2v) is 4.92. The number of carbonyl (C=O) groups is 1. The summed E-state index contributed by atoms with van der Waals surface area (Å²) in [5.41, 5.74) is 6.94. The number of aromatic nitrogens is 3. The summed E-state index contributed by atoms with van der Waals surface area (Å²) in [7, 11) is 1.23. The van der Waals surface area contributed by atoms with Crippen molar-refractivity contribution in [2.75, 3.05) is 12.8 Å². The number of halogens is 1. The molecule has 2 heterocycles. The Kier molecular flexibility index (Phi) is 3.57. The Morgan fingerprint density at radius 2 is 2.17 bits per heavy atom. The Labute approximate surface area is 129 Å². The van der Waals surface area contributed by atoms with E-state index in [1.165, 1.54) is 19.2 Å². The molecule has 0 amide bonds. The van der Waals surface area contributed by atoms with E-state index in [0.29, 0.717) is 22.2 Å². The van der Waals surface area contributed by atoms with Crippen LogP contribution < -0.4 is 5.73 Å². The van der Waals surface area contributed by atoms with Gasteiger partial charge >= 0.3 is 5.97 Å². The summed E-state index contributed by atoms with van der Waals surface area (Å²) < 4.78 is 18.7. The van der Waals surface area contributed by atoms with Crippen LogP contribution in [0.5, 0.6) is 5.88 Å². The van der Waals surface area contributed by atoms with Crippen LogP contribution in [0.25, 0.3) is 11.0 Å². The molecule has 0 spiro atoms. The number of ether oxygens (including phenoxy) is 1. The van der Waals surface area contributed by atoms with Gasteiger partial charge in [-0.25, -0.2) is 9.18 Å². The fourth-order valence-electron chi connectivity index (χ4n) is 2.37. The summed E-state index contributed by atoms with van der Waals surface area (Å²) in [5, 5.41) is 10.3. The zero-order chi connectivity index (χ0) is 16.6. The zero-order valence-corrected chi connectivity index (χ0v) is 12.1. The zero-order valence-electron chi connectivity index (χ0n) is 12.1. The minimum atomic E-state index is -0.607. The van der Waals surface area contributed by atoms with E-state index in [9.17, 15) is 14.3 Å². The highest BCUT2D eigenvalue weighted by Crippen LogP contribution is 2.28. The molecule has 0 aliphatic heterocycles. The number of anilines is 1. The molecule has 0 atom stereocenters. The van der Waals surface area contributed by atoms with Gasteiger partial charge < -0.3 is 20.6 Å². The van der Waals surface area contributed by atoms with E-state index in [4.69, 9.17) is 5.73 Å². The molecule has 1 aromatic carbocycles. The minimum absolute atomic E-state index is 0.0583. The third-order valence-electron chi connectivity index (χ3n) is 3.47. The maximum Gasteiger partial charge on any atom is 0.337 e. The van der Waals surface area contributed by atoms with Gasteiger partial charge in [-0.15, -0.1) is 0 Å². The largest absolute Gasteiger partial charge is 0.493 e. The molecule has 3 rings (SSSR count). The molecule has 0 saturated carbocycles. The number of benzene rings is 1. The number of esters is 1. The van der Waals surface area contributed by atoms with Gasteiger partial charge in [0.15, 0.2) is 0 Å². The first-order valence-corrected chi connectivity index (χ1v) is 6.68. The molecule has 2 aromatic heterocycles. The molecule has 0 unspecified atom stereocenters. The number of H-pyrrole nitrogens is 1. The van der Waals surface area contributed by atoms with Crippen molar-refractivity contribution in [3.63, 3.8) is 0 Å². The molecule has 0 aliphatic rings. The molecule has 118 valence electrons. The highest BCUT2D eigenvalue weighted by Gasteiger charge is 2.15. The van der Waals surface area contributed by atoms with Crippen molar-refractivity contribution < 1.29 is 19.0 Å². The summed E-state index contributed by atoms with van der Waals surface area (Å²) in [5.74, 6) is -1.48. The van der Waals surface area contributed by atoms with E-state index in [2.05, 4.69) is 19.7 Å². The third-order valence-corrected chi connectivity index (χ3v) is 3.47. The summed E-state index contributed by atoms with van der Waals surface area (Å²) >= 11 is 0. The average Bonchev–Trinajstić information content (AvgIpc) is 2.91. The van der Waals surface area contributed by atoms with Crippen molar-refractivity contribution in [1.82, 2.24) is 15.0 Å². The molecule has 23 heavy (non-hydrogen) atoms. The number of nitrogens with two attached hydrogens (primary N) is 1. The van der Waals surface area contributed by atoms with Gasteiger partial charge in [0.1, 0.15) is 11.5 Å². The van der Waals surface area contributed by atoms with Gasteiger partial charge in [0.2, 0.25) is 11.8 Å². The number of aromatic hydroxyl groups is 1. The molecule has 0 radical (unpaired) electrons. The Balaban J connectivity index is 1.98. The number of rotatable bonds is 3. The van der Waals surface area contributed by atoms with Crippen LogP contribution in [-0.4, -0.2) is 33.1 Å². The first kappa shape index (κ1) is 14.8. The molecule has 0 aliphatic carbocycles. The maximum atomic E-state index is 14.2. The Morgan fingerprint density at radius 1 is 1.39 bits per heavy atom. The third kappa shape index (κ3) is 2.66. The standard InChI is InChI=1S/C15H13FN4O3/c1-23-14(22)8-3-2-7(10(16)5-8)4-9-6-18-12-11(9)13(21)20-15(17)19-12/h2-3,5-6H,4H2,1H3,(H4,17,18,19,20,21). The van der Waals surface area contributed by atoms with Crippen molar-refractivity contribution in [3.05, 3.63) is 46.9 Å². The summed E-state index contributed by atoms with van der Waals surface area (Å²) in [6.07, 6.45) is 1.79. The Bertz CT molecular complexity index is 907. The maximum absolute atomic E-state index is 14.2. The number of nitrogen functional groups attached to an aromatic ring is 1. The molecule has 7 nitrogen and oxygen atoms in total. The molecule has 0 saturated heterocycles.